The molecule has 150 valence electrons. The third kappa shape index (κ3) is 2.82. The van der Waals surface area contributed by atoms with E-state index in [2.05, 4.69) is 18.0 Å². The molecule has 5 atom stereocenters. The first-order chi connectivity index (χ1) is 13.4. The molecule has 7 heteroatoms. The molecule has 4 rings (SSSR count). The van der Waals surface area contributed by atoms with Gasteiger partial charge in [-0.1, -0.05) is 6.92 Å². The Hall–Kier alpha value is -2.33. The number of nitrogens with zero attached hydrogens (tertiary/aromatic N) is 3. The lowest BCUT2D eigenvalue weighted by Gasteiger charge is -2.43. The maximum atomic E-state index is 13.7. The number of amides is 2. The molecule has 1 N–H and O–H groups in total. The first-order valence-electron chi connectivity index (χ1n) is 10.3. The predicted octanol–water partition coefficient (Wildman–Crippen LogP) is 2.30. The van der Waals surface area contributed by atoms with Crippen LogP contribution in [0.1, 0.15) is 62.5 Å². The number of nitrogens with one attached hydrogen (secondary N) is 1. The normalized spacial score (nSPS) is 34.5. The van der Waals surface area contributed by atoms with Crippen LogP contribution in [0.25, 0.3) is 0 Å². The van der Waals surface area contributed by atoms with Crippen LogP contribution in [0.5, 0.6) is 0 Å². The van der Waals surface area contributed by atoms with Crippen LogP contribution in [0.3, 0.4) is 0 Å². The zero-order valence-electron chi connectivity index (χ0n) is 16.8. The number of carbonyl (C=O) groups is 2. The summed E-state index contributed by atoms with van der Waals surface area (Å²) >= 11 is 0. The molecule has 0 spiro atoms. The molecule has 7 nitrogen and oxygen atoms in total. The number of ether oxygens (including phenoxy) is 1. The number of morpholine rings is 1. The molecule has 0 aromatic carbocycles. The van der Waals surface area contributed by atoms with E-state index in [1.807, 2.05) is 23.6 Å². The Morgan fingerprint density at radius 3 is 2.64 bits per heavy atom. The highest BCUT2D eigenvalue weighted by Gasteiger charge is 2.61. The largest absolute Gasteiger partial charge is 0.372 e. The van der Waals surface area contributed by atoms with Crippen LogP contribution < -0.4 is 0 Å². The van der Waals surface area contributed by atoms with Crippen molar-refractivity contribution in [3.8, 4) is 6.07 Å². The Morgan fingerprint density at radius 2 is 2.04 bits per heavy atom. The van der Waals surface area contributed by atoms with Gasteiger partial charge >= 0.3 is 0 Å². The summed E-state index contributed by atoms with van der Waals surface area (Å²) in [4.78, 5) is 33.7. The van der Waals surface area contributed by atoms with E-state index in [1.54, 1.807) is 12.3 Å². The van der Waals surface area contributed by atoms with Crippen molar-refractivity contribution in [2.45, 2.75) is 70.7 Å². The van der Waals surface area contributed by atoms with Gasteiger partial charge in [0.05, 0.1) is 23.2 Å². The molecule has 3 saturated heterocycles. The van der Waals surface area contributed by atoms with Gasteiger partial charge in [-0.3, -0.25) is 9.59 Å². The molecule has 3 aliphatic rings. The Kier molecular flexibility index (Phi) is 4.70. The first-order valence-corrected chi connectivity index (χ1v) is 10.3. The van der Waals surface area contributed by atoms with Gasteiger partial charge in [-0.25, -0.2) is 0 Å². The van der Waals surface area contributed by atoms with Crippen molar-refractivity contribution in [2.75, 3.05) is 13.1 Å². The highest BCUT2D eigenvalue weighted by atomic mass is 16.5. The van der Waals surface area contributed by atoms with Crippen molar-refractivity contribution >= 4 is 11.8 Å². The molecule has 0 saturated carbocycles. The lowest BCUT2D eigenvalue weighted by atomic mass is 9.70. The van der Waals surface area contributed by atoms with Gasteiger partial charge in [0.25, 0.3) is 5.91 Å². The summed E-state index contributed by atoms with van der Waals surface area (Å²) in [6, 6.07) is 3.66. The Morgan fingerprint density at radius 1 is 1.32 bits per heavy atom. The predicted molar refractivity (Wildman–Crippen MR) is 102 cm³/mol. The van der Waals surface area contributed by atoms with Crippen LogP contribution in [0, 0.1) is 16.7 Å². The number of hydrogen-bond acceptors (Lipinski definition) is 4. The van der Waals surface area contributed by atoms with Crippen LogP contribution in [0.2, 0.25) is 0 Å². The van der Waals surface area contributed by atoms with Crippen LogP contribution >= 0.6 is 0 Å². The van der Waals surface area contributed by atoms with E-state index in [0.717, 1.165) is 25.7 Å². The zero-order chi connectivity index (χ0) is 20.1. The summed E-state index contributed by atoms with van der Waals surface area (Å²) < 4.78 is 5.80. The van der Waals surface area contributed by atoms with Crippen LogP contribution in [-0.4, -0.2) is 64.0 Å². The van der Waals surface area contributed by atoms with Crippen molar-refractivity contribution in [3.63, 3.8) is 0 Å². The molecule has 0 radical (unpaired) electrons. The molecule has 28 heavy (non-hydrogen) atoms. The van der Waals surface area contributed by atoms with E-state index in [0.29, 0.717) is 24.3 Å². The average Bonchev–Trinajstić information content (AvgIpc) is 3.39. The summed E-state index contributed by atoms with van der Waals surface area (Å²) in [5.41, 5.74) is 0.366. The van der Waals surface area contributed by atoms with Crippen molar-refractivity contribution < 1.29 is 14.3 Å². The SMILES string of the molecule is CC[C@@]1(C(=O)N2C[C@@H](C)O[C@@H](C)C2)C[C@@H]2CC[C@H]1N2C(=O)c1cc(C#N)c[nH]1. The molecule has 3 fully saturated rings. The van der Waals surface area contributed by atoms with Crippen LogP contribution in [0.15, 0.2) is 12.3 Å². The smallest absolute Gasteiger partial charge is 0.270 e. The molecule has 4 heterocycles. The molecule has 0 unspecified atom stereocenters. The average molecular weight is 384 g/mol. The fourth-order valence-corrected chi connectivity index (χ4v) is 5.63. The highest BCUT2D eigenvalue weighted by Crippen LogP contribution is 2.53. The van der Waals surface area contributed by atoms with Crippen LogP contribution in [-0.2, 0) is 9.53 Å². The second kappa shape index (κ2) is 6.93. The minimum Gasteiger partial charge on any atom is -0.372 e. The molecular formula is C21H28N4O3. The molecular weight excluding hydrogens is 356 g/mol. The second-order valence-corrected chi connectivity index (χ2v) is 8.55. The Bertz CT molecular complexity index is 818. The zero-order valence-corrected chi connectivity index (χ0v) is 16.8. The minimum absolute atomic E-state index is 0.0289. The Labute approximate surface area is 165 Å². The van der Waals surface area contributed by atoms with E-state index in [9.17, 15) is 9.59 Å². The van der Waals surface area contributed by atoms with Gasteiger partial charge in [-0.2, -0.15) is 5.26 Å². The maximum Gasteiger partial charge on any atom is 0.270 e. The van der Waals surface area contributed by atoms with Crippen molar-refractivity contribution in [2.24, 2.45) is 5.41 Å². The fourth-order valence-electron chi connectivity index (χ4n) is 5.63. The quantitative estimate of drug-likeness (QED) is 0.866. The van der Waals surface area contributed by atoms with Gasteiger partial charge in [-0.05, 0) is 45.6 Å². The number of aromatic amines is 1. The fraction of sp³-hybridized carbons (Fsp3) is 0.667. The Balaban J connectivity index is 1.60. The lowest BCUT2D eigenvalue weighted by molar-refractivity contribution is -0.155. The second-order valence-electron chi connectivity index (χ2n) is 8.55. The number of H-pyrrole nitrogens is 1. The van der Waals surface area contributed by atoms with Crippen molar-refractivity contribution in [3.05, 3.63) is 23.5 Å². The standard InChI is InChI=1S/C21H28N4O3/c1-4-21(20(27)24-11-13(2)28-14(3)12-24)8-16-5-6-18(21)25(16)19(26)17-7-15(9-22)10-23-17/h7,10,13-14,16,18,23H,4-6,8,11-12H2,1-3H3/t13-,14+,16-,18+,21+/m0/s1. The summed E-state index contributed by atoms with van der Waals surface area (Å²) in [7, 11) is 0. The number of hydrogen-bond donors (Lipinski definition) is 1. The van der Waals surface area contributed by atoms with Gasteiger partial charge in [0.1, 0.15) is 11.8 Å². The van der Waals surface area contributed by atoms with Gasteiger partial charge in [0.15, 0.2) is 0 Å². The third-order valence-electron chi connectivity index (χ3n) is 6.78. The monoisotopic (exact) mass is 384 g/mol. The third-order valence-corrected chi connectivity index (χ3v) is 6.78. The van der Waals surface area contributed by atoms with Gasteiger partial charge in [-0.15, -0.1) is 0 Å². The van der Waals surface area contributed by atoms with Crippen molar-refractivity contribution in [1.29, 1.82) is 5.26 Å². The van der Waals surface area contributed by atoms with Crippen LogP contribution in [0.4, 0.5) is 0 Å². The summed E-state index contributed by atoms with van der Waals surface area (Å²) in [6.45, 7) is 7.29. The molecule has 2 amide bonds. The number of aromatic nitrogens is 1. The highest BCUT2D eigenvalue weighted by molar-refractivity contribution is 5.95. The van der Waals surface area contributed by atoms with Crippen molar-refractivity contribution in [1.82, 2.24) is 14.8 Å². The summed E-state index contributed by atoms with van der Waals surface area (Å²) in [6.07, 6.45) is 4.86. The van der Waals surface area contributed by atoms with Gasteiger partial charge in [0.2, 0.25) is 5.91 Å². The lowest BCUT2D eigenvalue weighted by Crippen LogP contribution is -2.56. The van der Waals surface area contributed by atoms with E-state index in [1.165, 1.54) is 0 Å². The molecule has 0 aliphatic carbocycles. The number of fused-ring (bicyclic) bond motifs is 2. The summed E-state index contributed by atoms with van der Waals surface area (Å²) in [5.74, 6) is 0.0760. The maximum absolute atomic E-state index is 13.7. The van der Waals surface area contributed by atoms with E-state index >= 15 is 0 Å². The van der Waals surface area contributed by atoms with E-state index in [-0.39, 0.29) is 36.1 Å². The first kappa shape index (κ1) is 19.0. The van der Waals surface area contributed by atoms with Gasteiger partial charge in [0, 0.05) is 31.4 Å². The molecule has 1 aromatic heterocycles. The number of rotatable bonds is 3. The molecule has 2 bridgehead atoms. The summed E-state index contributed by atoms with van der Waals surface area (Å²) in [5, 5.41) is 9.04. The van der Waals surface area contributed by atoms with E-state index < -0.39 is 5.41 Å². The van der Waals surface area contributed by atoms with Gasteiger partial charge < -0.3 is 19.5 Å². The number of nitriles is 1. The topological polar surface area (TPSA) is 89.4 Å². The van der Waals surface area contributed by atoms with E-state index in [4.69, 9.17) is 10.00 Å². The molecule has 3 aliphatic heterocycles. The minimum atomic E-state index is -0.514. The number of carbonyl (C=O) groups excluding carboxylic acids is 2. The molecule has 1 aromatic rings.